The SMILES string of the molecule is c1ccc(-n2c3ccccc3c3c2c2oc4ccccc4c2c2c4ccccc4n(-c4ccc5c(c4)C(c4ccccc4)(c4ccccc4)c4ccccc4-5)c23)cc1. The molecule has 3 aromatic heterocycles. The number of hydrogen-bond acceptors (Lipinski definition) is 1. The second-order valence-electron chi connectivity index (χ2n) is 15.5. The van der Waals surface area contributed by atoms with E-state index in [4.69, 9.17) is 4.42 Å². The van der Waals surface area contributed by atoms with Crippen molar-refractivity contribution in [2.24, 2.45) is 0 Å². The average molecular weight is 739 g/mol. The van der Waals surface area contributed by atoms with Gasteiger partial charge in [0.05, 0.1) is 27.5 Å². The molecule has 0 saturated heterocycles. The van der Waals surface area contributed by atoms with Crippen LogP contribution in [0.15, 0.2) is 211 Å². The Morgan fingerprint density at radius 3 is 1.60 bits per heavy atom. The van der Waals surface area contributed by atoms with E-state index in [9.17, 15) is 0 Å². The van der Waals surface area contributed by atoms with E-state index in [0.29, 0.717) is 0 Å². The zero-order chi connectivity index (χ0) is 38.0. The summed E-state index contributed by atoms with van der Waals surface area (Å²) in [6.45, 7) is 0. The maximum absolute atomic E-state index is 7.02. The first-order chi connectivity index (χ1) is 28.8. The molecule has 58 heavy (non-hydrogen) atoms. The minimum Gasteiger partial charge on any atom is -0.454 e. The Kier molecular flexibility index (Phi) is 6.37. The van der Waals surface area contributed by atoms with Crippen molar-refractivity contribution in [3.8, 4) is 22.5 Å². The van der Waals surface area contributed by atoms with Gasteiger partial charge in [0.25, 0.3) is 0 Å². The molecule has 0 spiro atoms. The van der Waals surface area contributed by atoms with Gasteiger partial charge in [-0.2, -0.15) is 0 Å². The quantitative estimate of drug-likeness (QED) is 0.176. The summed E-state index contributed by atoms with van der Waals surface area (Å²) in [5, 5.41) is 7.04. The summed E-state index contributed by atoms with van der Waals surface area (Å²) in [5.41, 5.74) is 15.7. The lowest BCUT2D eigenvalue weighted by molar-refractivity contribution is 0.671. The van der Waals surface area contributed by atoms with Crippen molar-refractivity contribution in [2.45, 2.75) is 5.41 Å². The van der Waals surface area contributed by atoms with Gasteiger partial charge in [-0.05, 0) is 75.8 Å². The number of furan rings is 1. The summed E-state index contributed by atoms with van der Waals surface area (Å²) in [6.07, 6.45) is 0. The van der Waals surface area contributed by atoms with Crippen LogP contribution >= 0.6 is 0 Å². The first-order valence-corrected chi connectivity index (χ1v) is 20.0. The Labute approximate surface area is 334 Å². The zero-order valence-corrected chi connectivity index (χ0v) is 31.4. The molecule has 0 saturated carbocycles. The molecule has 0 amide bonds. The van der Waals surface area contributed by atoms with Crippen LogP contribution in [0.3, 0.4) is 0 Å². The molecule has 1 aliphatic carbocycles. The molecule has 1 aliphatic rings. The maximum atomic E-state index is 7.02. The summed E-state index contributed by atoms with van der Waals surface area (Å²) in [6, 6.07) is 75.4. The summed E-state index contributed by atoms with van der Waals surface area (Å²) in [5.74, 6) is 0. The van der Waals surface area contributed by atoms with Gasteiger partial charge in [0, 0.05) is 43.7 Å². The van der Waals surface area contributed by atoms with E-state index in [-0.39, 0.29) is 0 Å². The zero-order valence-electron chi connectivity index (χ0n) is 31.4. The Bertz CT molecular complexity index is 3570. The third-order valence-corrected chi connectivity index (χ3v) is 12.8. The van der Waals surface area contributed by atoms with Crippen LogP contribution in [0.25, 0.3) is 88.1 Å². The molecule has 0 bridgehead atoms. The van der Waals surface area contributed by atoms with Gasteiger partial charge in [-0.25, -0.2) is 0 Å². The minimum atomic E-state index is -0.518. The van der Waals surface area contributed by atoms with Gasteiger partial charge in [0.1, 0.15) is 5.58 Å². The van der Waals surface area contributed by atoms with E-state index in [2.05, 4.69) is 215 Å². The fourth-order valence-electron chi connectivity index (χ4n) is 10.6. The standard InChI is InChI=1S/C55H34N2O/c1-4-18-35(19-5-1)55(36-20-6-2-7-21-36)44-28-14-10-24-39(44)40-33-32-38(34-45(40)55)57-46-29-15-11-25-41(46)49-50-43-27-13-17-31-48(43)58-54(50)53-51(52(49)57)42-26-12-16-30-47(42)56(53)37-22-8-3-9-23-37/h1-34H. The fraction of sp³-hybridized carbons (Fsp3) is 0.0182. The highest BCUT2D eigenvalue weighted by Crippen LogP contribution is 2.57. The lowest BCUT2D eigenvalue weighted by Crippen LogP contribution is -2.28. The van der Waals surface area contributed by atoms with Gasteiger partial charge >= 0.3 is 0 Å². The molecule has 0 fully saturated rings. The highest BCUT2D eigenvalue weighted by Gasteiger charge is 2.46. The van der Waals surface area contributed by atoms with Crippen LogP contribution in [-0.2, 0) is 5.41 Å². The topological polar surface area (TPSA) is 23.0 Å². The highest BCUT2D eigenvalue weighted by atomic mass is 16.3. The Balaban J connectivity index is 1.25. The molecular formula is C55H34N2O. The lowest BCUT2D eigenvalue weighted by atomic mass is 9.67. The molecule has 0 aliphatic heterocycles. The molecule has 3 heteroatoms. The Morgan fingerprint density at radius 2 is 0.897 bits per heavy atom. The van der Waals surface area contributed by atoms with Crippen LogP contribution in [0, 0.1) is 0 Å². The van der Waals surface area contributed by atoms with Crippen molar-refractivity contribution in [1.82, 2.24) is 9.13 Å². The summed E-state index contributed by atoms with van der Waals surface area (Å²) in [4.78, 5) is 0. The molecule has 0 radical (unpaired) electrons. The summed E-state index contributed by atoms with van der Waals surface area (Å²) >= 11 is 0. The van der Waals surface area contributed by atoms with Crippen molar-refractivity contribution in [3.05, 3.63) is 229 Å². The van der Waals surface area contributed by atoms with Crippen LogP contribution in [-0.4, -0.2) is 9.13 Å². The average Bonchev–Trinajstić information content (AvgIpc) is 4.03. The van der Waals surface area contributed by atoms with Crippen molar-refractivity contribution in [2.75, 3.05) is 0 Å². The Morgan fingerprint density at radius 1 is 0.362 bits per heavy atom. The van der Waals surface area contributed by atoms with Crippen LogP contribution in [0.1, 0.15) is 22.3 Å². The minimum absolute atomic E-state index is 0.518. The summed E-state index contributed by atoms with van der Waals surface area (Å²) in [7, 11) is 0. The number of rotatable bonds is 4. The molecule has 0 atom stereocenters. The van der Waals surface area contributed by atoms with Crippen LogP contribution < -0.4 is 0 Å². The highest BCUT2D eigenvalue weighted by molar-refractivity contribution is 6.39. The number of para-hydroxylation sites is 4. The largest absolute Gasteiger partial charge is 0.454 e. The van der Waals surface area contributed by atoms with E-state index in [0.717, 1.165) is 49.9 Å². The van der Waals surface area contributed by atoms with E-state index in [1.807, 2.05) is 0 Å². The number of benzene rings is 9. The fourth-order valence-corrected chi connectivity index (χ4v) is 10.6. The molecule has 9 aromatic carbocycles. The van der Waals surface area contributed by atoms with Gasteiger partial charge in [-0.1, -0.05) is 164 Å². The number of hydrogen-bond donors (Lipinski definition) is 0. The molecule has 270 valence electrons. The molecule has 0 unspecified atom stereocenters. The first kappa shape index (κ1) is 31.6. The first-order valence-electron chi connectivity index (χ1n) is 20.0. The van der Waals surface area contributed by atoms with Crippen LogP contribution in [0.4, 0.5) is 0 Å². The third-order valence-electron chi connectivity index (χ3n) is 12.8. The monoisotopic (exact) mass is 738 g/mol. The maximum Gasteiger partial charge on any atom is 0.160 e. The van der Waals surface area contributed by atoms with Gasteiger partial charge < -0.3 is 13.6 Å². The van der Waals surface area contributed by atoms with Crippen molar-refractivity contribution in [1.29, 1.82) is 0 Å². The molecule has 13 rings (SSSR count). The van der Waals surface area contributed by atoms with Gasteiger partial charge in [0.2, 0.25) is 0 Å². The molecule has 3 heterocycles. The van der Waals surface area contributed by atoms with Gasteiger partial charge in [0.15, 0.2) is 5.58 Å². The van der Waals surface area contributed by atoms with E-state index in [1.54, 1.807) is 0 Å². The van der Waals surface area contributed by atoms with Crippen molar-refractivity contribution >= 4 is 65.6 Å². The predicted octanol–water partition coefficient (Wildman–Crippen LogP) is 14.1. The normalized spacial score (nSPS) is 13.3. The molecule has 0 N–H and O–H groups in total. The number of nitrogens with zero attached hydrogens (tertiary/aromatic N) is 2. The number of fused-ring (bicyclic) bond motifs is 15. The number of aromatic nitrogens is 2. The third kappa shape index (κ3) is 3.97. The summed E-state index contributed by atoms with van der Waals surface area (Å²) < 4.78 is 12.0. The Hall–Kier alpha value is -7.62. The molecule has 3 nitrogen and oxygen atoms in total. The van der Waals surface area contributed by atoms with Crippen molar-refractivity contribution < 1.29 is 4.42 Å². The molecule has 12 aromatic rings. The predicted molar refractivity (Wildman–Crippen MR) is 240 cm³/mol. The second-order valence-corrected chi connectivity index (χ2v) is 15.5. The van der Waals surface area contributed by atoms with Crippen LogP contribution in [0.2, 0.25) is 0 Å². The van der Waals surface area contributed by atoms with Gasteiger partial charge in [-0.3, -0.25) is 0 Å². The van der Waals surface area contributed by atoms with Crippen molar-refractivity contribution in [3.63, 3.8) is 0 Å². The van der Waals surface area contributed by atoms with E-state index in [1.165, 1.54) is 60.4 Å². The van der Waals surface area contributed by atoms with E-state index >= 15 is 0 Å². The smallest absolute Gasteiger partial charge is 0.160 e. The van der Waals surface area contributed by atoms with Gasteiger partial charge in [-0.15, -0.1) is 0 Å². The second kappa shape index (κ2) is 11.7. The van der Waals surface area contributed by atoms with Crippen LogP contribution in [0.5, 0.6) is 0 Å². The lowest BCUT2D eigenvalue weighted by Gasteiger charge is -2.34. The molecular weight excluding hydrogens is 705 g/mol. The van der Waals surface area contributed by atoms with E-state index < -0.39 is 5.41 Å².